The van der Waals surface area contributed by atoms with Crippen LogP contribution >= 0.6 is 0 Å². The molecule has 0 aromatic heterocycles. The molecule has 2 aromatic carbocycles. The van der Waals surface area contributed by atoms with Gasteiger partial charge in [0.05, 0.1) is 6.42 Å². The molecule has 0 radical (unpaired) electrons. The molecule has 2 rings (SSSR count). The SMILES string of the molecule is Cc1cc(Oc2ccc(CCNC(=O)CCC(=O)O)cc2)ccc1C(C)C. The van der Waals surface area contributed by atoms with Crippen LogP contribution < -0.4 is 10.1 Å². The van der Waals surface area contributed by atoms with Crippen LogP contribution in [0, 0.1) is 6.92 Å². The van der Waals surface area contributed by atoms with Crippen molar-refractivity contribution in [3.63, 3.8) is 0 Å². The van der Waals surface area contributed by atoms with Gasteiger partial charge in [-0.25, -0.2) is 0 Å². The van der Waals surface area contributed by atoms with Gasteiger partial charge in [-0.2, -0.15) is 0 Å². The number of aliphatic carboxylic acids is 1. The fourth-order valence-corrected chi connectivity index (χ4v) is 2.87. The third kappa shape index (κ3) is 6.77. The van der Waals surface area contributed by atoms with Gasteiger partial charge in [0.15, 0.2) is 0 Å². The number of rotatable bonds is 9. The van der Waals surface area contributed by atoms with E-state index in [0.717, 1.165) is 17.1 Å². The van der Waals surface area contributed by atoms with Crippen LogP contribution in [0.3, 0.4) is 0 Å². The summed E-state index contributed by atoms with van der Waals surface area (Å²) in [6.07, 6.45) is 0.550. The smallest absolute Gasteiger partial charge is 0.303 e. The van der Waals surface area contributed by atoms with Crippen LogP contribution in [0.25, 0.3) is 0 Å². The summed E-state index contributed by atoms with van der Waals surface area (Å²) in [6, 6.07) is 13.9. The summed E-state index contributed by atoms with van der Waals surface area (Å²) in [6.45, 7) is 6.93. The predicted molar refractivity (Wildman–Crippen MR) is 105 cm³/mol. The molecule has 2 N–H and O–H groups in total. The molecule has 0 aliphatic rings. The standard InChI is InChI=1S/C22H27NO4/c1-15(2)20-9-8-19(14-16(20)3)27-18-6-4-17(5-7-18)12-13-23-21(24)10-11-22(25)26/h4-9,14-15H,10-13H2,1-3H3,(H,23,24)(H,25,26). The summed E-state index contributed by atoms with van der Waals surface area (Å²) in [5, 5.41) is 11.3. The van der Waals surface area contributed by atoms with Crippen molar-refractivity contribution >= 4 is 11.9 Å². The Labute approximate surface area is 160 Å². The second-order valence-electron chi connectivity index (χ2n) is 6.91. The van der Waals surface area contributed by atoms with Gasteiger partial charge in [-0.3, -0.25) is 9.59 Å². The maximum Gasteiger partial charge on any atom is 0.303 e. The Balaban J connectivity index is 1.84. The van der Waals surface area contributed by atoms with Gasteiger partial charge in [0, 0.05) is 13.0 Å². The second-order valence-corrected chi connectivity index (χ2v) is 6.91. The van der Waals surface area contributed by atoms with Crippen LogP contribution in [-0.2, 0) is 16.0 Å². The van der Waals surface area contributed by atoms with Gasteiger partial charge in [-0.05, 0) is 60.2 Å². The molecule has 0 saturated carbocycles. The highest BCUT2D eigenvalue weighted by Gasteiger charge is 2.06. The zero-order valence-electron chi connectivity index (χ0n) is 16.1. The van der Waals surface area contributed by atoms with E-state index in [2.05, 4.69) is 38.2 Å². The number of carbonyl (C=O) groups is 2. The molecule has 1 amide bonds. The van der Waals surface area contributed by atoms with E-state index in [4.69, 9.17) is 9.84 Å². The maximum absolute atomic E-state index is 11.5. The number of benzene rings is 2. The van der Waals surface area contributed by atoms with Crippen molar-refractivity contribution in [2.45, 2.75) is 46.0 Å². The lowest BCUT2D eigenvalue weighted by molar-refractivity contribution is -0.138. The summed E-state index contributed by atoms with van der Waals surface area (Å²) in [5.41, 5.74) is 3.62. The molecule has 5 heteroatoms. The van der Waals surface area contributed by atoms with Gasteiger partial charge in [0.2, 0.25) is 5.91 Å². The van der Waals surface area contributed by atoms with Crippen molar-refractivity contribution in [1.82, 2.24) is 5.32 Å². The molecule has 0 aliphatic heterocycles. The molecule has 0 saturated heterocycles. The fraction of sp³-hybridized carbons (Fsp3) is 0.364. The maximum atomic E-state index is 11.5. The number of carboxylic acid groups (broad SMARTS) is 1. The zero-order chi connectivity index (χ0) is 19.8. The van der Waals surface area contributed by atoms with E-state index in [0.29, 0.717) is 18.9 Å². The van der Waals surface area contributed by atoms with Crippen molar-refractivity contribution in [1.29, 1.82) is 0 Å². The number of nitrogens with one attached hydrogen (secondary N) is 1. The normalized spacial score (nSPS) is 10.7. The van der Waals surface area contributed by atoms with Crippen molar-refractivity contribution in [2.24, 2.45) is 0 Å². The summed E-state index contributed by atoms with van der Waals surface area (Å²) in [7, 11) is 0. The highest BCUT2D eigenvalue weighted by Crippen LogP contribution is 2.27. The van der Waals surface area contributed by atoms with E-state index < -0.39 is 5.97 Å². The van der Waals surface area contributed by atoms with Crippen LogP contribution in [0.15, 0.2) is 42.5 Å². The predicted octanol–water partition coefficient (Wildman–Crippen LogP) is 4.43. The van der Waals surface area contributed by atoms with Gasteiger partial charge in [-0.1, -0.05) is 32.0 Å². The monoisotopic (exact) mass is 369 g/mol. The third-order valence-electron chi connectivity index (χ3n) is 4.32. The fourth-order valence-electron chi connectivity index (χ4n) is 2.87. The average molecular weight is 369 g/mol. The first-order chi connectivity index (χ1) is 12.8. The molecule has 5 nitrogen and oxygen atoms in total. The highest BCUT2D eigenvalue weighted by atomic mass is 16.5. The van der Waals surface area contributed by atoms with Crippen LogP contribution in [0.1, 0.15) is 49.3 Å². The van der Waals surface area contributed by atoms with Crippen molar-refractivity contribution in [3.8, 4) is 11.5 Å². The minimum Gasteiger partial charge on any atom is -0.481 e. The number of carboxylic acids is 1. The molecule has 27 heavy (non-hydrogen) atoms. The third-order valence-corrected chi connectivity index (χ3v) is 4.32. The summed E-state index contributed by atoms with van der Waals surface area (Å²) in [4.78, 5) is 21.9. The lowest BCUT2D eigenvalue weighted by Crippen LogP contribution is -2.25. The molecule has 0 fully saturated rings. The molecule has 0 atom stereocenters. The van der Waals surface area contributed by atoms with Crippen molar-refractivity contribution in [3.05, 3.63) is 59.2 Å². The summed E-state index contributed by atoms with van der Waals surface area (Å²) in [5.74, 6) is 0.867. The molecule has 0 aliphatic carbocycles. The van der Waals surface area contributed by atoms with Gasteiger partial charge in [-0.15, -0.1) is 0 Å². The quantitative estimate of drug-likeness (QED) is 0.685. The van der Waals surface area contributed by atoms with E-state index >= 15 is 0 Å². The molecule has 0 unspecified atom stereocenters. The Morgan fingerprint density at radius 3 is 2.30 bits per heavy atom. The lowest BCUT2D eigenvalue weighted by Gasteiger charge is -2.12. The van der Waals surface area contributed by atoms with E-state index in [-0.39, 0.29) is 18.7 Å². The number of aryl methyl sites for hydroxylation is 1. The molecule has 2 aromatic rings. The van der Waals surface area contributed by atoms with Crippen molar-refractivity contribution in [2.75, 3.05) is 6.54 Å². The summed E-state index contributed by atoms with van der Waals surface area (Å²) < 4.78 is 5.92. The van der Waals surface area contributed by atoms with Crippen LogP contribution in [0.2, 0.25) is 0 Å². The number of hydrogen-bond donors (Lipinski definition) is 2. The zero-order valence-corrected chi connectivity index (χ0v) is 16.1. The highest BCUT2D eigenvalue weighted by molar-refractivity contribution is 5.80. The Morgan fingerprint density at radius 2 is 1.70 bits per heavy atom. The second kappa shape index (κ2) is 9.76. The van der Waals surface area contributed by atoms with E-state index in [1.165, 1.54) is 11.1 Å². The molecule has 0 heterocycles. The Bertz CT molecular complexity index is 781. The number of ether oxygens (including phenoxy) is 1. The Kier molecular flexibility index (Phi) is 7.41. The van der Waals surface area contributed by atoms with Crippen LogP contribution in [0.5, 0.6) is 11.5 Å². The summed E-state index contributed by atoms with van der Waals surface area (Å²) >= 11 is 0. The molecule has 0 spiro atoms. The minimum absolute atomic E-state index is 0.0110. The Hall–Kier alpha value is -2.82. The molecular weight excluding hydrogens is 342 g/mol. The van der Waals surface area contributed by atoms with E-state index in [9.17, 15) is 9.59 Å². The van der Waals surface area contributed by atoms with Crippen LogP contribution in [-0.4, -0.2) is 23.5 Å². The molecule has 0 bridgehead atoms. The van der Waals surface area contributed by atoms with Gasteiger partial charge >= 0.3 is 5.97 Å². The first-order valence-corrected chi connectivity index (χ1v) is 9.21. The number of amides is 1. The van der Waals surface area contributed by atoms with Crippen molar-refractivity contribution < 1.29 is 19.4 Å². The minimum atomic E-state index is -0.963. The van der Waals surface area contributed by atoms with Gasteiger partial charge < -0.3 is 15.2 Å². The number of carbonyl (C=O) groups excluding carboxylic acids is 1. The van der Waals surface area contributed by atoms with E-state index in [1.54, 1.807) is 0 Å². The average Bonchev–Trinajstić information content (AvgIpc) is 2.61. The molecular formula is C22H27NO4. The topological polar surface area (TPSA) is 75.6 Å². The first-order valence-electron chi connectivity index (χ1n) is 9.21. The largest absolute Gasteiger partial charge is 0.481 e. The van der Waals surface area contributed by atoms with Crippen LogP contribution in [0.4, 0.5) is 0 Å². The Morgan fingerprint density at radius 1 is 1.04 bits per heavy atom. The van der Waals surface area contributed by atoms with E-state index in [1.807, 2.05) is 30.3 Å². The van der Waals surface area contributed by atoms with Gasteiger partial charge in [0.1, 0.15) is 11.5 Å². The molecule has 144 valence electrons. The lowest BCUT2D eigenvalue weighted by atomic mass is 9.98. The van der Waals surface area contributed by atoms with Gasteiger partial charge in [0.25, 0.3) is 0 Å². The first kappa shape index (κ1) is 20.5. The number of hydrogen-bond acceptors (Lipinski definition) is 3.